The van der Waals surface area contributed by atoms with E-state index in [1.807, 2.05) is 0 Å². The fraction of sp³-hybridized carbons (Fsp3) is 0.529. The molecule has 0 spiro atoms. The van der Waals surface area contributed by atoms with E-state index in [1.54, 1.807) is 6.92 Å². The Morgan fingerprint density at radius 1 is 1.24 bits per heavy atom. The summed E-state index contributed by atoms with van der Waals surface area (Å²) in [5.74, 6) is -1.65. The quantitative estimate of drug-likeness (QED) is 0.332. The molecule has 11 nitrogen and oxygen atoms in total. The second kappa shape index (κ2) is 9.07. The molecule has 1 heterocycles. The summed E-state index contributed by atoms with van der Waals surface area (Å²) in [6.07, 6.45) is 0.316. The predicted molar refractivity (Wildman–Crippen MR) is 101 cm³/mol. The molecule has 2 rings (SSSR count). The van der Waals surface area contributed by atoms with Crippen molar-refractivity contribution in [1.29, 1.82) is 0 Å². The summed E-state index contributed by atoms with van der Waals surface area (Å²) in [7, 11) is -0.595. The Kier molecular flexibility index (Phi) is 7.01. The molecule has 1 aromatic carbocycles. The van der Waals surface area contributed by atoms with Gasteiger partial charge in [-0.1, -0.05) is 0 Å². The molecule has 0 saturated carbocycles. The summed E-state index contributed by atoms with van der Waals surface area (Å²) in [6, 6.07) is 1.65. The molecule has 1 amide bonds. The minimum Gasteiger partial charge on any atom is -0.493 e. The number of carbonyl (C=O) groups excluding carboxylic acids is 2. The first-order chi connectivity index (χ1) is 13.6. The number of nitro benzene ring substituents is 1. The van der Waals surface area contributed by atoms with E-state index in [2.05, 4.69) is 0 Å². The molecule has 0 bridgehead atoms. The Labute approximate surface area is 167 Å². The number of carbonyl (C=O) groups is 2. The second-order valence-electron chi connectivity index (χ2n) is 6.29. The molecule has 0 aliphatic carbocycles. The molecule has 1 aliphatic rings. The molecule has 160 valence electrons. The Morgan fingerprint density at radius 3 is 2.34 bits per heavy atom. The predicted octanol–water partition coefficient (Wildman–Crippen LogP) is 0.804. The summed E-state index contributed by atoms with van der Waals surface area (Å²) in [6.45, 7) is 1.26. The summed E-state index contributed by atoms with van der Waals surface area (Å²) >= 11 is 0. The molecule has 0 radical (unpaired) electrons. The van der Waals surface area contributed by atoms with Crippen LogP contribution in [0.5, 0.6) is 11.5 Å². The number of sulfone groups is 1. The lowest BCUT2D eigenvalue weighted by atomic mass is 10.1. The van der Waals surface area contributed by atoms with Crippen molar-refractivity contribution in [2.75, 3.05) is 38.9 Å². The van der Waals surface area contributed by atoms with Gasteiger partial charge < -0.3 is 19.1 Å². The Bertz CT molecular complexity index is 914. The molecular formula is C17H22N2O9S. The van der Waals surface area contributed by atoms with Crippen molar-refractivity contribution in [2.24, 2.45) is 0 Å². The van der Waals surface area contributed by atoms with Crippen LogP contribution in [-0.2, 0) is 19.4 Å². The summed E-state index contributed by atoms with van der Waals surface area (Å²) in [4.78, 5) is 36.7. The SMILES string of the molecule is CCN(C(=O)COC(=O)c1cc(OC)c(OC)cc1[N+](=O)[O-])[C@H]1CCS(=O)(=O)C1. The highest BCUT2D eigenvalue weighted by Gasteiger charge is 2.34. The Balaban J connectivity index is 2.15. The summed E-state index contributed by atoms with van der Waals surface area (Å²) in [5, 5.41) is 11.3. The van der Waals surface area contributed by atoms with Gasteiger partial charge >= 0.3 is 5.97 Å². The van der Waals surface area contributed by atoms with Crippen molar-refractivity contribution in [3.8, 4) is 11.5 Å². The number of esters is 1. The molecule has 0 aromatic heterocycles. The monoisotopic (exact) mass is 430 g/mol. The minimum atomic E-state index is -3.19. The van der Waals surface area contributed by atoms with Gasteiger partial charge in [-0.05, 0) is 13.3 Å². The van der Waals surface area contributed by atoms with Crippen molar-refractivity contribution in [3.63, 3.8) is 0 Å². The third-order valence-corrected chi connectivity index (χ3v) is 6.31. The van der Waals surface area contributed by atoms with E-state index in [-0.39, 0.29) is 29.5 Å². The van der Waals surface area contributed by atoms with Crippen LogP contribution in [0.4, 0.5) is 5.69 Å². The number of benzene rings is 1. The van der Waals surface area contributed by atoms with E-state index in [4.69, 9.17) is 14.2 Å². The number of nitrogens with zero attached hydrogens (tertiary/aromatic N) is 2. The van der Waals surface area contributed by atoms with Crippen molar-refractivity contribution < 1.29 is 37.1 Å². The molecule has 1 atom stereocenters. The van der Waals surface area contributed by atoms with Crippen molar-refractivity contribution in [1.82, 2.24) is 4.90 Å². The van der Waals surface area contributed by atoms with E-state index in [0.717, 1.165) is 12.1 Å². The first kappa shape index (κ1) is 22.4. The number of ether oxygens (including phenoxy) is 3. The maximum Gasteiger partial charge on any atom is 0.345 e. The highest BCUT2D eigenvalue weighted by molar-refractivity contribution is 7.91. The molecule has 0 unspecified atom stereocenters. The maximum absolute atomic E-state index is 12.4. The van der Waals surface area contributed by atoms with Gasteiger partial charge in [-0.25, -0.2) is 13.2 Å². The van der Waals surface area contributed by atoms with Gasteiger partial charge in [0.15, 0.2) is 27.9 Å². The van der Waals surface area contributed by atoms with Crippen LogP contribution in [0.25, 0.3) is 0 Å². The molecule has 1 saturated heterocycles. The first-order valence-electron chi connectivity index (χ1n) is 8.71. The van der Waals surface area contributed by atoms with Gasteiger partial charge in [0.1, 0.15) is 5.56 Å². The highest BCUT2D eigenvalue weighted by atomic mass is 32.2. The Morgan fingerprint density at radius 2 is 1.86 bits per heavy atom. The van der Waals surface area contributed by atoms with Crippen LogP contribution >= 0.6 is 0 Å². The molecule has 29 heavy (non-hydrogen) atoms. The van der Waals surface area contributed by atoms with E-state index >= 15 is 0 Å². The van der Waals surface area contributed by atoms with Crippen LogP contribution in [0.1, 0.15) is 23.7 Å². The van der Waals surface area contributed by atoms with Crippen LogP contribution in [0.3, 0.4) is 0 Å². The van der Waals surface area contributed by atoms with Gasteiger partial charge in [0.2, 0.25) is 0 Å². The molecular weight excluding hydrogens is 408 g/mol. The van der Waals surface area contributed by atoms with Crippen LogP contribution in [-0.4, -0.2) is 75.0 Å². The average Bonchev–Trinajstić information content (AvgIpc) is 3.04. The van der Waals surface area contributed by atoms with Gasteiger partial charge in [-0.2, -0.15) is 0 Å². The topological polar surface area (TPSA) is 142 Å². The smallest absolute Gasteiger partial charge is 0.345 e. The zero-order valence-corrected chi connectivity index (χ0v) is 17.1. The van der Waals surface area contributed by atoms with Crippen LogP contribution in [0, 0.1) is 10.1 Å². The second-order valence-corrected chi connectivity index (χ2v) is 8.52. The number of rotatable bonds is 8. The van der Waals surface area contributed by atoms with Gasteiger partial charge in [0, 0.05) is 18.7 Å². The fourth-order valence-corrected chi connectivity index (χ4v) is 4.86. The third kappa shape index (κ3) is 5.13. The minimum absolute atomic E-state index is 0.000921. The van der Waals surface area contributed by atoms with Gasteiger partial charge in [-0.3, -0.25) is 14.9 Å². The van der Waals surface area contributed by atoms with Crippen LogP contribution in [0.2, 0.25) is 0 Å². The molecule has 1 aliphatic heterocycles. The molecule has 1 fully saturated rings. The van der Waals surface area contributed by atoms with E-state index < -0.39 is 50.5 Å². The number of hydrogen-bond donors (Lipinski definition) is 0. The van der Waals surface area contributed by atoms with E-state index in [0.29, 0.717) is 6.42 Å². The highest BCUT2D eigenvalue weighted by Crippen LogP contribution is 2.34. The Hall–Kier alpha value is -2.89. The molecule has 12 heteroatoms. The molecule has 1 aromatic rings. The normalized spacial score (nSPS) is 17.4. The number of likely N-dealkylation sites (N-methyl/N-ethyl adjacent to an activating group) is 1. The van der Waals surface area contributed by atoms with Crippen LogP contribution < -0.4 is 9.47 Å². The third-order valence-electron chi connectivity index (χ3n) is 4.56. The van der Waals surface area contributed by atoms with Crippen molar-refractivity contribution in [2.45, 2.75) is 19.4 Å². The van der Waals surface area contributed by atoms with Crippen molar-refractivity contribution in [3.05, 3.63) is 27.8 Å². The number of hydrogen-bond acceptors (Lipinski definition) is 9. The lowest BCUT2D eigenvalue weighted by Crippen LogP contribution is -2.43. The zero-order valence-electron chi connectivity index (χ0n) is 16.2. The van der Waals surface area contributed by atoms with Gasteiger partial charge in [0.05, 0.1) is 36.7 Å². The number of nitro groups is 1. The van der Waals surface area contributed by atoms with E-state index in [1.165, 1.54) is 19.1 Å². The maximum atomic E-state index is 12.4. The largest absolute Gasteiger partial charge is 0.493 e. The number of amides is 1. The fourth-order valence-electron chi connectivity index (χ4n) is 3.13. The van der Waals surface area contributed by atoms with E-state index in [9.17, 15) is 28.1 Å². The first-order valence-corrected chi connectivity index (χ1v) is 10.5. The lowest BCUT2D eigenvalue weighted by Gasteiger charge is -2.26. The standard InChI is InChI=1S/C17H22N2O9S/c1-4-18(11-5-6-29(24,25)10-11)16(20)9-28-17(21)12-7-14(26-2)15(27-3)8-13(12)19(22)23/h7-8,11H,4-6,9-10H2,1-3H3/t11-/m0/s1. The van der Waals surface area contributed by atoms with Gasteiger partial charge in [0.25, 0.3) is 11.6 Å². The summed E-state index contributed by atoms with van der Waals surface area (Å²) < 4.78 is 38.3. The van der Waals surface area contributed by atoms with Crippen LogP contribution in [0.15, 0.2) is 12.1 Å². The van der Waals surface area contributed by atoms with Crippen molar-refractivity contribution >= 4 is 27.4 Å². The lowest BCUT2D eigenvalue weighted by molar-refractivity contribution is -0.385. The van der Waals surface area contributed by atoms with Gasteiger partial charge in [-0.15, -0.1) is 0 Å². The average molecular weight is 430 g/mol. The molecule has 0 N–H and O–H groups in total. The zero-order chi connectivity index (χ0) is 21.8. The summed E-state index contributed by atoms with van der Waals surface area (Å²) in [5.41, 5.74) is -0.957. The number of methoxy groups -OCH3 is 2.